The molecule has 1 rings (SSSR count). The molecule has 1 aromatic rings. The quantitative estimate of drug-likeness (QED) is 0.412. The summed E-state index contributed by atoms with van der Waals surface area (Å²) in [5.41, 5.74) is 0.724. The van der Waals surface area contributed by atoms with Crippen LogP contribution < -0.4 is 5.32 Å². The molecule has 0 spiro atoms. The van der Waals surface area contributed by atoms with E-state index in [4.69, 9.17) is 4.74 Å². The van der Waals surface area contributed by atoms with Crippen molar-refractivity contribution in [1.29, 1.82) is 0 Å². The summed E-state index contributed by atoms with van der Waals surface area (Å²) in [6.45, 7) is 4.51. The Morgan fingerprint density at radius 3 is 2.25 bits per heavy atom. The van der Waals surface area contributed by atoms with Crippen molar-refractivity contribution in [3.05, 3.63) is 35.9 Å². The molecule has 0 radical (unpaired) electrons. The van der Waals surface area contributed by atoms with Crippen LogP contribution in [0.2, 0.25) is 0 Å². The Morgan fingerprint density at radius 1 is 1.18 bits per heavy atom. The van der Waals surface area contributed by atoms with Gasteiger partial charge in [0, 0.05) is 19.6 Å². The van der Waals surface area contributed by atoms with Crippen LogP contribution in [0.5, 0.6) is 0 Å². The molecule has 0 aromatic heterocycles. The Balaban J connectivity index is 2.97. The SMILES string of the molecule is CCOC(O)(CN(CC(C)C)C(=O)N[C@@H](Cc1ccccc1)C(=O)O)C(=O)O. The van der Waals surface area contributed by atoms with Gasteiger partial charge in [0.1, 0.15) is 6.04 Å². The fourth-order valence-electron chi connectivity index (χ4n) is 2.62. The van der Waals surface area contributed by atoms with Crippen molar-refractivity contribution in [2.45, 2.75) is 39.0 Å². The number of amides is 2. The molecule has 2 atom stereocenters. The molecule has 0 fully saturated rings. The minimum Gasteiger partial charge on any atom is -0.480 e. The zero-order valence-corrected chi connectivity index (χ0v) is 16.3. The van der Waals surface area contributed by atoms with E-state index in [1.165, 1.54) is 6.92 Å². The second-order valence-corrected chi connectivity index (χ2v) is 6.83. The van der Waals surface area contributed by atoms with Crippen molar-refractivity contribution >= 4 is 18.0 Å². The number of nitrogens with one attached hydrogen (secondary N) is 1. The number of aliphatic carboxylic acids is 2. The molecule has 4 N–H and O–H groups in total. The normalized spacial score (nSPS) is 14.2. The smallest absolute Gasteiger partial charge is 0.366 e. The Bertz CT molecular complexity index is 666. The molecular weight excluding hydrogens is 368 g/mol. The van der Waals surface area contributed by atoms with Crippen LogP contribution in [0.3, 0.4) is 0 Å². The molecule has 0 aliphatic rings. The van der Waals surface area contributed by atoms with Gasteiger partial charge in [0.05, 0.1) is 6.54 Å². The van der Waals surface area contributed by atoms with E-state index in [2.05, 4.69) is 5.32 Å². The lowest BCUT2D eigenvalue weighted by molar-refractivity contribution is -0.225. The molecule has 9 heteroatoms. The van der Waals surface area contributed by atoms with E-state index in [9.17, 15) is 29.7 Å². The van der Waals surface area contributed by atoms with Gasteiger partial charge in [0.25, 0.3) is 5.79 Å². The summed E-state index contributed by atoms with van der Waals surface area (Å²) in [6.07, 6.45) is 0.0616. The lowest BCUT2D eigenvalue weighted by Gasteiger charge is -2.32. The van der Waals surface area contributed by atoms with E-state index in [1.807, 2.05) is 0 Å². The number of benzene rings is 1. The molecule has 28 heavy (non-hydrogen) atoms. The second-order valence-electron chi connectivity index (χ2n) is 6.83. The highest BCUT2D eigenvalue weighted by Crippen LogP contribution is 2.13. The average molecular weight is 396 g/mol. The number of ether oxygens (including phenoxy) is 1. The summed E-state index contributed by atoms with van der Waals surface area (Å²) in [5, 5.41) is 31.4. The standard InChI is InChI=1S/C19H28N2O7/c1-4-28-19(27,17(24)25)12-21(11-13(2)3)18(26)20-15(16(22)23)10-14-8-6-5-7-9-14/h5-9,13,15,27H,4,10-12H2,1-3H3,(H,20,26)(H,22,23)(H,24,25)/t15-,19?/m0/s1. The maximum Gasteiger partial charge on any atom is 0.366 e. The van der Waals surface area contributed by atoms with Crippen LogP contribution in [-0.2, 0) is 20.7 Å². The lowest BCUT2D eigenvalue weighted by Crippen LogP contribution is -2.57. The zero-order valence-electron chi connectivity index (χ0n) is 16.3. The number of hydrogen-bond acceptors (Lipinski definition) is 5. The first kappa shape index (κ1) is 23.4. The molecule has 1 unspecified atom stereocenters. The van der Waals surface area contributed by atoms with E-state index in [1.54, 1.807) is 44.2 Å². The van der Waals surface area contributed by atoms with Crippen LogP contribution in [0.4, 0.5) is 4.79 Å². The van der Waals surface area contributed by atoms with Crippen LogP contribution in [-0.4, -0.2) is 69.7 Å². The van der Waals surface area contributed by atoms with Gasteiger partial charge in [0.15, 0.2) is 0 Å². The predicted molar refractivity (Wildman–Crippen MR) is 101 cm³/mol. The molecule has 9 nitrogen and oxygen atoms in total. The average Bonchev–Trinajstić information content (AvgIpc) is 2.61. The third kappa shape index (κ3) is 7.16. The molecule has 0 aliphatic heterocycles. The minimum atomic E-state index is -2.58. The monoisotopic (exact) mass is 396 g/mol. The van der Waals surface area contributed by atoms with Gasteiger partial charge in [0.2, 0.25) is 0 Å². The number of aliphatic hydroxyl groups is 1. The maximum absolute atomic E-state index is 12.7. The van der Waals surface area contributed by atoms with E-state index in [0.717, 1.165) is 10.5 Å². The maximum atomic E-state index is 12.7. The van der Waals surface area contributed by atoms with E-state index in [0.29, 0.717) is 0 Å². The molecule has 0 aliphatic carbocycles. The van der Waals surface area contributed by atoms with Gasteiger partial charge < -0.3 is 30.3 Å². The lowest BCUT2D eigenvalue weighted by atomic mass is 10.1. The first-order chi connectivity index (χ1) is 13.1. The first-order valence-electron chi connectivity index (χ1n) is 9.01. The van der Waals surface area contributed by atoms with Gasteiger partial charge in [-0.25, -0.2) is 14.4 Å². The summed E-state index contributed by atoms with van der Waals surface area (Å²) < 4.78 is 4.92. The number of urea groups is 1. The van der Waals surface area contributed by atoms with Gasteiger partial charge >= 0.3 is 18.0 Å². The van der Waals surface area contributed by atoms with Gasteiger partial charge in [-0.3, -0.25) is 0 Å². The van der Waals surface area contributed by atoms with Crippen molar-refractivity contribution in [3.8, 4) is 0 Å². The summed E-state index contributed by atoms with van der Waals surface area (Å²) in [4.78, 5) is 36.7. The molecule has 156 valence electrons. The number of carbonyl (C=O) groups excluding carboxylic acids is 1. The van der Waals surface area contributed by atoms with Crippen molar-refractivity contribution in [2.24, 2.45) is 5.92 Å². The Morgan fingerprint density at radius 2 is 1.79 bits per heavy atom. The highest BCUT2D eigenvalue weighted by molar-refractivity contribution is 5.83. The fourth-order valence-corrected chi connectivity index (χ4v) is 2.62. The van der Waals surface area contributed by atoms with Crippen molar-refractivity contribution in [1.82, 2.24) is 10.2 Å². The zero-order chi connectivity index (χ0) is 21.3. The summed E-state index contributed by atoms with van der Waals surface area (Å²) in [6, 6.07) is 6.79. The summed E-state index contributed by atoms with van der Waals surface area (Å²) >= 11 is 0. The number of rotatable bonds is 11. The predicted octanol–water partition coefficient (Wildman–Crippen LogP) is 1.16. The molecule has 0 saturated carbocycles. The highest BCUT2D eigenvalue weighted by Gasteiger charge is 2.41. The molecular formula is C19H28N2O7. The van der Waals surface area contributed by atoms with Crippen LogP contribution in [0.15, 0.2) is 30.3 Å². The van der Waals surface area contributed by atoms with Gasteiger partial charge in [-0.1, -0.05) is 44.2 Å². The highest BCUT2D eigenvalue weighted by atomic mass is 16.6. The number of carbonyl (C=O) groups is 3. The van der Waals surface area contributed by atoms with Crippen LogP contribution in [0.1, 0.15) is 26.3 Å². The molecule has 0 saturated heterocycles. The third-order valence-electron chi connectivity index (χ3n) is 3.87. The Labute approximate surface area is 163 Å². The summed E-state index contributed by atoms with van der Waals surface area (Å²) in [5.74, 6) is -5.49. The van der Waals surface area contributed by atoms with Gasteiger partial charge in [-0.05, 0) is 18.4 Å². The van der Waals surface area contributed by atoms with Crippen molar-refractivity contribution in [2.75, 3.05) is 19.7 Å². The Hall–Kier alpha value is -2.65. The van der Waals surface area contributed by atoms with Crippen LogP contribution in [0, 0.1) is 5.92 Å². The Kier molecular flexibility index (Phi) is 8.87. The molecule has 0 heterocycles. The first-order valence-corrected chi connectivity index (χ1v) is 9.01. The third-order valence-corrected chi connectivity index (χ3v) is 3.87. The van der Waals surface area contributed by atoms with Crippen LogP contribution in [0.25, 0.3) is 0 Å². The summed E-state index contributed by atoms with van der Waals surface area (Å²) in [7, 11) is 0. The minimum absolute atomic E-state index is 0.0529. The van der Waals surface area contributed by atoms with E-state index < -0.39 is 36.3 Å². The van der Waals surface area contributed by atoms with Crippen molar-refractivity contribution < 1.29 is 34.4 Å². The fraction of sp³-hybridized carbons (Fsp3) is 0.526. The van der Waals surface area contributed by atoms with E-state index >= 15 is 0 Å². The topological polar surface area (TPSA) is 136 Å². The number of hydrogen-bond donors (Lipinski definition) is 4. The van der Waals surface area contributed by atoms with Crippen molar-refractivity contribution in [3.63, 3.8) is 0 Å². The number of carboxylic acids is 2. The molecule has 2 amide bonds. The van der Waals surface area contributed by atoms with Gasteiger partial charge in [-0.2, -0.15) is 0 Å². The van der Waals surface area contributed by atoms with Gasteiger partial charge in [-0.15, -0.1) is 0 Å². The second kappa shape index (κ2) is 10.6. The largest absolute Gasteiger partial charge is 0.480 e. The number of nitrogens with zero attached hydrogens (tertiary/aromatic N) is 1. The van der Waals surface area contributed by atoms with E-state index in [-0.39, 0.29) is 25.5 Å². The number of carboxylic acid groups (broad SMARTS) is 2. The molecule has 1 aromatic carbocycles. The van der Waals surface area contributed by atoms with Crippen LogP contribution >= 0.6 is 0 Å². The molecule has 0 bridgehead atoms.